The SMILES string of the molecule is CC=C1CCCc2ccc(OC)c(C(=O)O)c21.c1c[nH]cn1. The number of hydrogen-bond acceptors (Lipinski definition) is 3. The van der Waals surface area contributed by atoms with Crippen molar-refractivity contribution in [3.05, 3.63) is 53.6 Å². The van der Waals surface area contributed by atoms with E-state index < -0.39 is 5.97 Å². The van der Waals surface area contributed by atoms with Crippen molar-refractivity contribution in [3.63, 3.8) is 0 Å². The molecule has 2 N–H and O–H groups in total. The Hall–Kier alpha value is -2.56. The quantitative estimate of drug-likeness (QED) is 0.889. The topological polar surface area (TPSA) is 75.2 Å². The van der Waals surface area contributed by atoms with Crippen LogP contribution in [0.5, 0.6) is 5.75 Å². The number of H-pyrrole nitrogens is 1. The van der Waals surface area contributed by atoms with Crippen LogP contribution < -0.4 is 4.74 Å². The lowest BCUT2D eigenvalue weighted by Crippen LogP contribution is -2.11. The summed E-state index contributed by atoms with van der Waals surface area (Å²) in [6.07, 6.45) is 10.1. The van der Waals surface area contributed by atoms with E-state index in [9.17, 15) is 9.90 Å². The Morgan fingerprint density at radius 3 is 2.73 bits per heavy atom. The number of carboxylic acid groups (broad SMARTS) is 1. The first-order chi connectivity index (χ1) is 10.7. The molecule has 0 fully saturated rings. The van der Waals surface area contributed by atoms with Crippen molar-refractivity contribution >= 4 is 11.5 Å². The summed E-state index contributed by atoms with van der Waals surface area (Å²) in [6.45, 7) is 1.95. The lowest BCUT2D eigenvalue weighted by Gasteiger charge is -2.22. The smallest absolute Gasteiger partial charge is 0.340 e. The summed E-state index contributed by atoms with van der Waals surface area (Å²) in [7, 11) is 1.51. The molecule has 0 saturated heterocycles. The highest BCUT2D eigenvalue weighted by Gasteiger charge is 2.24. The first kappa shape index (κ1) is 15.8. The van der Waals surface area contributed by atoms with E-state index in [-0.39, 0.29) is 0 Å². The van der Waals surface area contributed by atoms with E-state index in [4.69, 9.17) is 4.74 Å². The molecule has 0 atom stereocenters. The van der Waals surface area contributed by atoms with Gasteiger partial charge in [-0.3, -0.25) is 0 Å². The fourth-order valence-electron chi connectivity index (χ4n) is 2.68. The van der Waals surface area contributed by atoms with Crippen LogP contribution >= 0.6 is 0 Å². The number of imidazole rings is 1. The molecule has 116 valence electrons. The second kappa shape index (κ2) is 7.45. The second-order valence-electron chi connectivity index (χ2n) is 4.91. The number of methoxy groups -OCH3 is 1. The maximum absolute atomic E-state index is 11.4. The summed E-state index contributed by atoms with van der Waals surface area (Å²) in [5, 5.41) is 9.36. The molecule has 5 nitrogen and oxygen atoms in total. The van der Waals surface area contributed by atoms with Crippen molar-refractivity contribution < 1.29 is 14.6 Å². The Balaban J connectivity index is 0.000000299. The van der Waals surface area contributed by atoms with Gasteiger partial charge in [-0.15, -0.1) is 0 Å². The Morgan fingerprint density at radius 1 is 1.41 bits per heavy atom. The van der Waals surface area contributed by atoms with E-state index in [1.54, 1.807) is 24.8 Å². The molecule has 22 heavy (non-hydrogen) atoms. The minimum Gasteiger partial charge on any atom is -0.496 e. The van der Waals surface area contributed by atoms with Gasteiger partial charge in [0.2, 0.25) is 0 Å². The molecule has 1 aromatic carbocycles. The summed E-state index contributed by atoms with van der Waals surface area (Å²) < 4.78 is 5.16. The number of aromatic amines is 1. The first-order valence-corrected chi connectivity index (χ1v) is 7.20. The third-order valence-corrected chi connectivity index (χ3v) is 3.65. The third-order valence-electron chi connectivity index (χ3n) is 3.65. The monoisotopic (exact) mass is 300 g/mol. The largest absolute Gasteiger partial charge is 0.496 e. The van der Waals surface area contributed by atoms with Crippen LogP contribution in [-0.2, 0) is 6.42 Å². The molecule has 0 aliphatic heterocycles. The minimum atomic E-state index is -0.917. The van der Waals surface area contributed by atoms with Gasteiger partial charge in [0.1, 0.15) is 11.3 Å². The van der Waals surface area contributed by atoms with Crippen molar-refractivity contribution in [1.82, 2.24) is 9.97 Å². The molecule has 1 aromatic heterocycles. The van der Waals surface area contributed by atoms with E-state index in [1.165, 1.54) is 7.11 Å². The predicted octanol–water partition coefficient (Wildman–Crippen LogP) is 3.54. The van der Waals surface area contributed by atoms with Crippen LogP contribution in [0.15, 0.2) is 36.9 Å². The lowest BCUT2D eigenvalue weighted by atomic mass is 9.84. The first-order valence-electron chi connectivity index (χ1n) is 7.20. The summed E-state index contributed by atoms with van der Waals surface area (Å²) >= 11 is 0. The number of carbonyl (C=O) groups is 1. The summed E-state index contributed by atoms with van der Waals surface area (Å²) in [5.41, 5.74) is 3.40. The zero-order chi connectivity index (χ0) is 15.9. The average molecular weight is 300 g/mol. The number of nitrogens with one attached hydrogen (secondary N) is 1. The van der Waals surface area contributed by atoms with E-state index in [0.717, 1.165) is 36.0 Å². The molecule has 2 aromatic rings. The zero-order valence-electron chi connectivity index (χ0n) is 12.8. The van der Waals surface area contributed by atoms with Crippen molar-refractivity contribution in [2.45, 2.75) is 26.2 Å². The normalized spacial score (nSPS) is 14.7. The maximum atomic E-state index is 11.4. The van der Waals surface area contributed by atoms with Gasteiger partial charge in [0.25, 0.3) is 0 Å². The zero-order valence-corrected chi connectivity index (χ0v) is 12.8. The number of aromatic nitrogens is 2. The number of nitrogens with zero attached hydrogens (tertiary/aromatic N) is 1. The highest BCUT2D eigenvalue weighted by atomic mass is 16.5. The number of rotatable bonds is 2. The van der Waals surface area contributed by atoms with Gasteiger partial charge < -0.3 is 14.8 Å². The van der Waals surface area contributed by atoms with Gasteiger partial charge >= 0.3 is 5.97 Å². The number of aryl methyl sites for hydroxylation is 1. The Labute approximate surface area is 129 Å². The summed E-state index contributed by atoms with van der Waals surface area (Å²) in [6, 6.07) is 3.73. The summed E-state index contributed by atoms with van der Waals surface area (Å²) in [4.78, 5) is 17.8. The fraction of sp³-hybridized carbons (Fsp3) is 0.294. The van der Waals surface area contributed by atoms with E-state index >= 15 is 0 Å². The molecular formula is C17H20N2O3. The van der Waals surface area contributed by atoms with Gasteiger partial charge in [0, 0.05) is 12.4 Å². The van der Waals surface area contributed by atoms with Gasteiger partial charge in [0.15, 0.2) is 0 Å². The molecule has 5 heteroatoms. The van der Waals surface area contributed by atoms with E-state index in [2.05, 4.69) is 9.97 Å². The number of hydrogen-bond donors (Lipinski definition) is 2. The third kappa shape index (κ3) is 3.36. The van der Waals surface area contributed by atoms with E-state index in [0.29, 0.717) is 11.3 Å². The average Bonchev–Trinajstić information content (AvgIpc) is 3.12. The highest BCUT2D eigenvalue weighted by Crippen LogP contribution is 2.37. The number of carboxylic acids is 1. The molecule has 0 saturated carbocycles. The number of fused-ring (bicyclic) bond motifs is 1. The van der Waals surface area contributed by atoms with Crippen LogP contribution in [0.3, 0.4) is 0 Å². The maximum Gasteiger partial charge on any atom is 0.340 e. The summed E-state index contributed by atoms with van der Waals surface area (Å²) in [5.74, 6) is -0.475. The van der Waals surface area contributed by atoms with Gasteiger partial charge in [-0.05, 0) is 49.0 Å². The molecule has 0 spiro atoms. The number of allylic oxidation sites excluding steroid dienone is 2. The lowest BCUT2D eigenvalue weighted by molar-refractivity contribution is 0.0692. The molecule has 1 aliphatic rings. The van der Waals surface area contributed by atoms with E-state index in [1.807, 2.05) is 19.1 Å². The second-order valence-corrected chi connectivity index (χ2v) is 4.91. The Kier molecular flexibility index (Phi) is 5.36. The number of benzene rings is 1. The van der Waals surface area contributed by atoms with Crippen LogP contribution in [0.25, 0.3) is 5.57 Å². The van der Waals surface area contributed by atoms with Gasteiger partial charge in [-0.2, -0.15) is 0 Å². The molecule has 1 aliphatic carbocycles. The minimum absolute atomic E-state index is 0.304. The molecule has 0 amide bonds. The molecule has 0 radical (unpaired) electrons. The van der Waals surface area contributed by atoms with Crippen molar-refractivity contribution in [2.24, 2.45) is 0 Å². The van der Waals surface area contributed by atoms with Crippen LogP contribution in [0, 0.1) is 0 Å². The molecule has 0 unspecified atom stereocenters. The molecule has 1 heterocycles. The molecule has 3 rings (SSSR count). The number of aromatic carboxylic acids is 1. The van der Waals surface area contributed by atoms with Gasteiger partial charge in [-0.1, -0.05) is 12.1 Å². The van der Waals surface area contributed by atoms with Gasteiger partial charge in [0.05, 0.1) is 13.4 Å². The predicted molar refractivity (Wildman–Crippen MR) is 85.1 cm³/mol. The fourth-order valence-corrected chi connectivity index (χ4v) is 2.68. The highest BCUT2D eigenvalue weighted by molar-refractivity contribution is 5.98. The Morgan fingerprint density at radius 2 is 2.23 bits per heavy atom. The van der Waals surface area contributed by atoms with Crippen molar-refractivity contribution in [2.75, 3.05) is 7.11 Å². The van der Waals surface area contributed by atoms with Crippen molar-refractivity contribution in [1.29, 1.82) is 0 Å². The van der Waals surface area contributed by atoms with Crippen LogP contribution in [0.1, 0.15) is 41.3 Å². The number of ether oxygens (including phenoxy) is 1. The molecular weight excluding hydrogens is 280 g/mol. The Bertz CT molecular complexity index is 644. The van der Waals surface area contributed by atoms with Crippen molar-refractivity contribution in [3.8, 4) is 5.75 Å². The van der Waals surface area contributed by atoms with Crippen LogP contribution in [-0.4, -0.2) is 28.2 Å². The standard InChI is InChI=1S/C14H16O3.C3H4N2/c1-3-9-5-4-6-10-7-8-11(17-2)13(12(9)10)14(15)16;1-2-5-3-4-1/h3,7-8H,4-6H2,1-2H3,(H,15,16);1-3H,(H,4,5). The van der Waals surface area contributed by atoms with Crippen LogP contribution in [0.2, 0.25) is 0 Å². The van der Waals surface area contributed by atoms with Crippen LogP contribution in [0.4, 0.5) is 0 Å². The van der Waals surface area contributed by atoms with Gasteiger partial charge in [-0.25, -0.2) is 9.78 Å². The molecule has 0 bridgehead atoms.